The zero-order valence-electron chi connectivity index (χ0n) is 6.61. The van der Waals surface area contributed by atoms with Crippen molar-refractivity contribution in [2.24, 2.45) is 0 Å². The van der Waals surface area contributed by atoms with E-state index in [1.165, 1.54) is 6.92 Å². The Morgan fingerprint density at radius 1 is 1.14 bits per heavy atom. The van der Waals surface area contributed by atoms with Crippen LogP contribution in [0.2, 0.25) is 0 Å². The van der Waals surface area contributed by atoms with Crippen LogP contribution in [-0.4, -0.2) is 92.9 Å². The van der Waals surface area contributed by atoms with Gasteiger partial charge >= 0.3 is 92.9 Å². The van der Waals surface area contributed by atoms with Gasteiger partial charge in [-0.25, -0.2) is 4.79 Å². The maximum absolute atomic E-state index is 11.0. The number of hydrogen-bond donors (Lipinski definition) is 0. The van der Waals surface area contributed by atoms with Gasteiger partial charge < -0.3 is 4.74 Å². The third kappa shape index (κ3) is 6.47. The van der Waals surface area contributed by atoms with Crippen molar-refractivity contribution in [3.63, 3.8) is 0 Å². The van der Waals surface area contributed by atoms with Crippen molar-refractivity contribution in [1.82, 2.24) is 0 Å². The van der Waals surface area contributed by atoms with E-state index in [1.54, 1.807) is 30.3 Å². The van der Waals surface area contributed by atoms with Crippen molar-refractivity contribution in [2.45, 2.75) is 6.92 Å². The van der Waals surface area contributed by atoms with Crippen LogP contribution in [0.3, 0.4) is 0 Å². The average molecular weight is 228 g/mol. The number of benzene rings is 1. The summed E-state index contributed by atoms with van der Waals surface area (Å²) in [6.45, 7) is 1.20. The Bertz CT molecular complexity index is 300. The van der Waals surface area contributed by atoms with Gasteiger partial charge in [-0.15, -0.1) is 0 Å². The summed E-state index contributed by atoms with van der Waals surface area (Å²) in [5.74, 6) is -1.20. The first-order chi connectivity index (χ1) is 5.70. The standard InChI is InChI=1S/C9H8O3.K.Na.2H/c1-7(10)12-9(11)8-5-3-2-4-6-8;;;;/h2-6H,1H3;;;;. The third-order valence-electron chi connectivity index (χ3n) is 1.25. The van der Waals surface area contributed by atoms with E-state index < -0.39 is 11.9 Å². The summed E-state index contributed by atoms with van der Waals surface area (Å²) < 4.78 is 4.36. The Kier molecular flexibility index (Phi) is 11.5. The molecular weight excluding hydrogens is 218 g/mol. The molecule has 0 bridgehead atoms. The van der Waals surface area contributed by atoms with Crippen molar-refractivity contribution in [1.29, 1.82) is 0 Å². The van der Waals surface area contributed by atoms with E-state index in [0.717, 1.165) is 0 Å². The molecule has 0 aliphatic heterocycles. The van der Waals surface area contributed by atoms with E-state index in [-0.39, 0.29) is 80.9 Å². The third-order valence-corrected chi connectivity index (χ3v) is 1.25. The van der Waals surface area contributed by atoms with Crippen LogP contribution in [0.15, 0.2) is 30.3 Å². The first kappa shape index (κ1) is 17.4. The SMILES string of the molecule is CC(=O)OC(=O)c1ccccc1.[KH].[NaH]. The molecule has 1 aromatic rings. The summed E-state index contributed by atoms with van der Waals surface area (Å²) in [5, 5.41) is 0. The molecule has 1 aromatic carbocycles. The van der Waals surface area contributed by atoms with E-state index in [2.05, 4.69) is 4.74 Å². The quantitative estimate of drug-likeness (QED) is 0.389. The zero-order valence-corrected chi connectivity index (χ0v) is 6.61. The van der Waals surface area contributed by atoms with Crippen molar-refractivity contribution < 1.29 is 14.3 Å². The van der Waals surface area contributed by atoms with Crippen LogP contribution in [0.5, 0.6) is 0 Å². The molecule has 14 heavy (non-hydrogen) atoms. The summed E-state index contributed by atoms with van der Waals surface area (Å²) in [5.41, 5.74) is 0.382. The van der Waals surface area contributed by atoms with Gasteiger partial charge in [-0.05, 0) is 12.1 Å². The van der Waals surface area contributed by atoms with Crippen molar-refractivity contribution in [3.05, 3.63) is 35.9 Å². The van der Waals surface area contributed by atoms with Gasteiger partial charge in [0.2, 0.25) is 0 Å². The molecule has 66 valence electrons. The van der Waals surface area contributed by atoms with E-state index in [0.29, 0.717) is 5.56 Å². The molecule has 0 atom stereocenters. The maximum atomic E-state index is 11.0. The van der Waals surface area contributed by atoms with Gasteiger partial charge in [0.25, 0.3) is 0 Å². The second kappa shape index (κ2) is 9.24. The molecule has 0 saturated heterocycles. The topological polar surface area (TPSA) is 43.4 Å². The summed E-state index contributed by atoms with van der Waals surface area (Å²) in [6, 6.07) is 8.37. The summed E-state index contributed by atoms with van der Waals surface area (Å²) in [7, 11) is 0. The van der Waals surface area contributed by atoms with Gasteiger partial charge in [-0.1, -0.05) is 18.2 Å². The molecule has 0 amide bonds. The molecule has 1 rings (SSSR count). The monoisotopic (exact) mass is 228 g/mol. The van der Waals surface area contributed by atoms with Gasteiger partial charge in [-0.3, -0.25) is 4.79 Å². The Balaban J connectivity index is 0. The van der Waals surface area contributed by atoms with Crippen LogP contribution in [0.4, 0.5) is 0 Å². The first-order valence-electron chi connectivity index (χ1n) is 3.48. The van der Waals surface area contributed by atoms with E-state index in [9.17, 15) is 9.59 Å². The van der Waals surface area contributed by atoms with Crippen LogP contribution in [-0.2, 0) is 9.53 Å². The Morgan fingerprint density at radius 3 is 2.07 bits per heavy atom. The molecule has 0 spiro atoms. The fourth-order valence-electron chi connectivity index (χ4n) is 0.764. The Labute approximate surface area is 147 Å². The molecule has 5 heteroatoms. The number of rotatable bonds is 1. The normalized spacial score (nSPS) is 7.79. The molecule has 0 aromatic heterocycles. The number of ether oxygens (including phenoxy) is 1. The number of hydrogen-bond acceptors (Lipinski definition) is 3. The van der Waals surface area contributed by atoms with Crippen LogP contribution in [0, 0.1) is 0 Å². The van der Waals surface area contributed by atoms with Gasteiger partial charge in [-0.2, -0.15) is 0 Å². The van der Waals surface area contributed by atoms with Gasteiger partial charge in [0.05, 0.1) is 5.56 Å². The first-order valence-corrected chi connectivity index (χ1v) is 3.48. The van der Waals surface area contributed by atoms with Crippen LogP contribution in [0.1, 0.15) is 17.3 Å². The molecule has 0 unspecified atom stereocenters. The molecule has 0 saturated carbocycles. The summed E-state index contributed by atoms with van der Waals surface area (Å²) in [6.07, 6.45) is 0. The van der Waals surface area contributed by atoms with E-state index in [4.69, 9.17) is 0 Å². The number of carbonyl (C=O) groups excluding carboxylic acids is 2. The second-order valence-corrected chi connectivity index (χ2v) is 2.25. The molecule has 0 aliphatic carbocycles. The van der Waals surface area contributed by atoms with Crippen LogP contribution in [0.25, 0.3) is 0 Å². The average Bonchev–Trinajstić information content (AvgIpc) is 2.05. The number of carbonyl (C=O) groups is 2. The predicted molar refractivity (Wildman–Crippen MR) is 56.8 cm³/mol. The molecular formula is C9H10KNaO3. The van der Waals surface area contributed by atoms with E-state index in [1.807, 2.05) is 0 Å². The fourth-order valence-corrected chi connectivity index (χ4v) is 0.764. The zero-order chi connectivity index (χ0) is 8.97. The molecule has 3 nitrogen and oxygen atoms in total. The van der Waals surface area contributed by atoms with Crippen molar-refractivity contribution in [3.8, 4) is 0 Å². The summed E-state index contributed by atoms with van der Waals surface area (Å²) in [4.78, 5) is 21.4. The molecule has 0 N–H and O–H groups in total. The van der Waals surface area contributed by atoms with E-state index >= 15 is 0 Å². The van der Waals surface area contributed by atoms with Gasteiger partial charge in [0, 0.05) is 6.92 Å². The molecule has 0 fully saturated rings. The summed E-state index contributed by atoms with van der Waals surface area (Å²) >= 11 is 0. The minimum atomic E-state index is -0.608. The molecule has 0 radical (unpaired) electrons. The van der Waals surface area contributed by atoms with Gasteiger partial charge in [0.1, 0.15) is 0 Å². The van der Waals surface area contributed by atoms with Crippen LogP contribution < -0.4 is 0 Å². The van der Waals surface area contributed by atoms with Crippen molar-refractivity contribution >= 4 is 92.9 Å². The van der Waals surface area contributed by atoms with Crippen LogP contribution >= 0.6 is 0 Å². The van der Waals surface area contributed by atoms with Gasteiger partial charge in [0.15, 0.2) is 0 Å². The fraction of sp³-hybridized carbons (Fsp3) is 0.111. The second-order valence-electron chi connectivity index (χ2n) is 2.25. The Morgan fingerprint density at radius 2 is 1.64 bits per heavy atom. The minimum absolute atomic E-state index is 0. The van der Waals surface area contributed by atoms with Crippen molar-refractivity contribution in [2.75, 3.05) is 0 Å². The molecule has 0 aliphatic rings. The molecule has 0 heterocycles. The Hall–Kier alpha value is 0.996. The predicted octanol–water partition coefficient (Wildman–Crippen LogP) is 0.0929. The number of esters is 2.